The first-order chi connectivity index (χ1) is 11.5. The Hall–Kier alpha value is -2.69. The Kier molecular flexibility index (Phi) is 6.07. The lowest BCUT2D eigenvalue weighted by Crippen LogP contribution is -2.31. The lowest BCUT2D eigenvalue weighted by atomic mass is 10.1. The smallest absolute Gasteiger partial charge is 0.259 e. The molecule has 0 unspecified atom stereocenters. The van der Waals surface area contributed by atoms with Crippen molar-refractivity contribution in [3.05, 3.63) is 59.9 Å². The van der Waals surface area contributed by atoms with Gasteiger partial charge in [-0.2, -0.15) is 0 Å². The van der Waals surface area contributed by atoms with E-state index >= 15 is 0 Å². The fraction of sp³-hybridized carbons (Fsp3) is 0.316. The highest BCUT2D eigenvalue weighted by Crippen LogP contribution is 2.16. The summed E-state index contributed by atoms with van der Waals surface area (Å²) in [4.78, 5) is 30.6. The summed E-state index contributed by atoms with van der Waals surface area (Å²) in [5.74, 6) is -0.0243. The number of nitrogens with one attached hydrogen (secondary N) is 1. The summed E-state index contributed by atoms with van der Waals surface area (Å²) in [7, 11) is 0. The molecule has 0 atom stereocenters. The van der Waals surface area contributed by atoms with Crippen molar-refractivity contribution in [1.82, 2.24) is 10.3 Å². The van der Waals surface area contributed by atoms with Crippen molar-refractivity contribution in [1.29, 1.82) is 0 Å². The number of amides is 2. The van der Waals surface area contributed by atoms with Crippen LogP contribution in [0.1, 0.15) is 41.5 Å². The fourth-order valence-electron chi connectivity index (χ4n) is 2.29. The summed E-state index contributed by atoms with van der Waals surface area (Å²) < 4.78 is 0. The van der Waals surface area contributed by atoms with E-state index in [1.165, 1.54) is 12.4 Å². The zero-order chi connectivity index (χ0) is 17.5. The topological polar surface area (TPSA) is 62.3 Å². The second-order valence-electron chi connectivity index (χ2n) is 5.95. The summed E-state index contributed by atoms with van der Waals surface area (Å²) in [6.45, 7) is 7.08. The van der Waals surface area contributed by atoms with Crippen LogP contribution in [0.15, 0.2) is 48.8 Å². The maximum Gasteiger partial charge on any atom is 0.259 e. The zero-order valence-electron chi connectivity index (χ0n) is 14.3. The molecule has 0 spiro atoms. The Labute approximate surface area is 142 Å². The first kappa shape index (κ1) is 17.7. The van der Waals surface area contributed by atoms with Crippen LogP contribution in [0.25, 0.3) is 0 Å². The van der Waals surface area contributed by atoms with Gasteiger partial charge in [0.15, 0.2) is 0 Å². The standard InChI is InChI=1S/C19H23N3O2/c1-4-22(17-8-6-5-7-9-17)19(24)16-10-15(12-20-13-16)18(23)21-11-14(2)3/h5-10,12-14H,4,11H2,1-3H3,(H,21,23). The number of benzene rings is 1. The molecule has 126 valence electrons. The van der Waals surface area contributed by atoms with Crippen LogP contribution in [0.3, 0.4) is 0 Å². The van der Waals surface area contributed by atoms with Gasteiger partial charge in [-0.05, 0) is 31.0 Å². The Morgan fingerprint density at radius 2 is 1.79 bits per heavy atom. The minimum atomic E-state index is -0.214. The van der Waals surface area contributed by atoms with Gasteiger partial charge in [-0.3, -0.25) is 14.6 Å². The summed E-state index contributed by atoms with van der Waals surface area (Å²) in [5.41, 5.74) is 1.61. The van der Waals surface area contributed by atoms with Crippen LogP contribution < -0.4 is 10.2 Å². The molecule has 0 aliphatic heterocycles. The van der Waals surface area contributed by atoms with Crippen molar-refractivity contribution >= 4 is 17.5 Å². The number of carbonyl (C=O) groups is 2. The molecule has 0 bridgehead atoms. The van der Waals surface area contributed by atoms with E-state index in [-0.39, 0.29) is 11.8 Å². The SMILES string of the molecule is CCN(C(=O)c1cncc(C(=O)NCC(C)C)c1)c1ccccc1. The number of anilines is 1. The van der Waals surface area contributed by atoms with E-state index in [2.05, 4.69) is 10.3 Å². The van der Waals surface area contributed by atoms with Gasteiger partial charge in [0.25, 0.3) is 11.8 Å². The Morgan fingerprint density at radius 1 is 1.12 bits per heavy atom. The normalized spacial score (nSPS) is 10.5. The average molecular weight is 325 g/mol. The van der Waals surface area contributed by atoms with Crippen molar-refractivity contribution in [2.75, 3.05) is 18.0 Å². The van der Waals surface area contributed by atoms with Crippen molar-refractivity contribution in [3.8, 4) is 0 Å². The molecule has 2 aromatic rings. The van der Waals surface area contributed by atoms with E-state index in [1.54, 1.807) is 11.0 Å². The van der Waals surface area contributed by atoms with Crippen LogP contribution in [0, 0.1) is 5.92 Å². The average Bonchev–Trinajstić information content (AvgIpc) is 2.61. The second-order valence-corrected chi connectivity index (χ2v) is 5.95. The van der Waals surface area contributed by atoms with Gasteiger partial charge in [-0.25, -0.2) is 0 Å². The Morgan fingerprint density at radius 3 is 2.42 bits per heavy atom. The molecule has 2 amide bonds. The van der Waals surface area contributed by atoms with Crippen molar-refractivity contribution < 1.29 is 9.59 Å². The maximum absolute atomic E-state index is 12.8. The van der Waals surface area contributed by atoms with Gasteiger partial charge in [0.05, 0.1) is 11.1 Å². The summed E-state index contributed by atoms with van der Waals surface area (Å²) in [5, 5.41) is 2.84. The second kappa shape index (κ2) is 8.24. The molecule has 0 saturated heterocycles. The first-order valence-electron chi connectivity index (χ1n) is 8.13. The van der Waals surface area contributed by atoms with Crippen LogP contribution in [-0.2, 0) is 0 Å². The third-order valence-electron chi connectivity index (χ3n) is 3.55. The number of hydrogen-bond donors (Lipinski definition) is 1. The minimum absolute atomic E-state index is 0.172. The summed E-state index contributed by atoms with van der Waals surface area (Å²) in [6, 6.07) is 11.0. The Balaban J connectivity index is 2.20. The number of carbonyl (C=O) groups excluding carboxylic acids is 2. The predicted octanol–water partition coefficient (Wildman–Crippen LogP) is 3.13. The molecular weight excluding hydrogens is 302 g/mol. The zero-order valence-corrected chi connectivity index (χ0v) is 14.3. The molecule has 0 aliphatic rings. The molecule has 24 heavy (non-hydrogen) atoms. The first-order valence-corrected chi connectivity index (χ1v) is 8.13. The van der Waals surface area contributed by atoms with Gasteiger partial charge in [-0.15, -0.1) is 0 Å². The fourth-order valence-corrected chi connectivity index (χ4v) is 2.29. The highest BCUT2D eigenvalue weighted by molar-refractivity contribution is 6.07. The highest BCUT2D eigenvalue weighted by atomic mass is 16.2. The van der Waals surface area contributed by atoms with Gasteiger partial charge in [0.1, 0.15) is 0 Å². The van der Waals surface area contributed by atoms with Gasteiger partial charge in [0.2, 0.25) is 0 Å². The van der Waals surface area contributed by atoms with Gasteiger partial charge in [-0.1, -0.05) is 32.0 Å². The summed E-state index contributed by atoms with van der Waals surface area (Å²) in [6.07, 6.45) is 2.97. The monoisotopic (exact) mass is 325 g/mol. The van der Waals surface area contributed by atoms with E-state index in [1.807, 2.05) is 51.1 Å². The molecule has 5 heteroatoms. The van der Waals surface area contributed by atoms with Crippen LogP contribution >= 0.6 is 0 Å². The molecule has 2 rings (SSSR count). The number of hydrogen-bond acceptors (Lipinski definition) is 3. The van der Waals surface area contributed by atoms with Crippen molar-refractivity contribution in [2.24, 2.45) is 5.92 Å². The molecule has 0 saturated carbocycles. The molecule has 5 nitrogen and oxygen atoms in total. The lowest BCUT2D eigenvalue weighted by Gasteiger charge is -2.21. The molecule has 1 aromatic carbocycles. The van der Waals surface area contributed by atoms with E-state index in [0.29, 0.717) is 30.1 Å². The third-order valence-corrected chi connectivity index (χ3v) is 3.55. The van der Waals surface area contributed by atoms with E-state index < -0.39 is 0 Å². The molecule has 0 fully saturated rings. The minimum Gasteiger partial charge on any atom is -0.352 e. The highest BCUT2D eigenvalue weighted by Gasteiger charge is 2.18. The van der Waals surface area contributed by atoms with E-state index in [4.69, 9.17) is 0 Å². The molecule has 1 heterocycles. The van der Waals surface area contributed by atoms with Gasteiger partial charge >= 0.3 is 0 Å². The number of para-hydroxylation sites is 1. The van der Waals surface area contributed by atoms with Crippen LogP contribution in [0.2, 0.25) is 0 Å². The quantitative estimate of drug-likeness (QED) is 0.887. The largest absolute Gasteiger partial charge is 0.352 e. The van der Waals surface area contributed by atoms with E-state index in [0.717, 1.165) is 5.69 Å². The number of aromatic nitrogens is 1. The maximum atomic E-state index is 12.8. The van der Waals surface area contributed by atoms with Crippen molar-refractivity contribution in [2.45, 2.75) is 20.8 Å². The van der Waals surface area contributed by atoms with Crippen LogP contribution in [0.5, 0.6) is 0 Å². The van der Waals surface area contributed by atoms with Gasteiger partial charge in [0, 0.05) is 31.2 Å². The molecule has 0 aliphatic carbocycles. The molecule has 0 radical (unpaired) electrons. The molecular formula is C19H23N3O2. The Bertz CT molecular complexity index is 699. The van der Waals surface area contributed by atoms with Crippen LogP contribution in [0.4, 0.5) is 5.69 Å². The molecule has 1 aromatic heterocycles. The number of nitrogens with zero attached hydrogens (tertiary/aromatic N) is 2. The number of pyridine rings is 1. The van der Waals surface area contributed by atoms with Crippen molar-refractivity contribution in [3.63, 3.8) is 0 Å². The number of rotatable bonds is 6. The lowest BCUT2D eigenvalue weighted by molar-refractivity contribution is 0.0948. The molecule has 1 N–H and O–H groups in total. The van der Waals surface area contributed by atoms with Crippen LogP contribution in [-0.4, -0.2) is 29.9 Å². The van der Waals surface area contributed by atoms with E-state index in [9.17, 15) is 9.59 Å². The third kappa shape index (κ3) is 4.41. The predicted molar refractivity (Wildman–Crippen MR) is 95.2 cm³/mol. The summed E-state index contributed by atoms with van der Waals surface area (Å²) >= 11 is 0. The van der Waals surface area contributed by atoms with Gasteiger partial charge < -0.3 is 10.2 Å².